The summed E-state index contributed by atoms with van der Waals surface area (Å²) in [7, 11) is 0. The lowest BCUT2D eigenvalue weighted by Crippen LogP contribution is -2.00. The zero-order valence-corrected chi connectivity index (χ0v) is 8.98. The Bertz CT molecular complexity index is 468. The van der Waals surface area contributed by atoms with Crippen molar-refractivity contribution in [1.29, 1.82) is 0 Å². The minimum atomic E-state index is -0.263. The minimum absolute atomic E-state index is 0.263. The van der Waals surface area contributed by atoms with Crippen LogP contribution in [-0.4, -0.2) is 4.98 Å². The van der Waals surface area contributed by atoms with Crippen molar-refractivity contribution in [2.24, 2.45) is 0 Å². The molecular formula is C13H12FNO. The molecule has 0 amide bonds. The van der Waals surface area contributed by atoms with E-state index >= 15 is 0 Å². The van der Waals surface area contributed by atoms with Crippen LogP contribution in [0.2, 0.25) is 0 Å². The van der Waals surface area contributed by atoms with Gasteiger partial charge in [-0.05, 0) is 42.8 Å². The van der Waals surface area contributed by atoms with Crippen molar-refractivity contribution >= 4 is 0 Å². The third-order valence-electron chi connectivity index (χ3n) is 2.31. The molecule has 0 bridgehead atoms. The molecule has 1 aromatic carbocycles. The third kappa shape index (κ3) is 2.57. The zero-order chi connectivity index (χ0) is 11.4. The Morgan fingerprint density at radius 1 is 1.19 bits per heavy atom. The van der Waals surface area contributed by atoms with Gasteiger partial charge in [-0.25, -0.2) is 4.39 Å². The van der Waals surface area contributed by atoms with E-state index in [2.05, 4.69) is 4.98 Å². The van der Waals surface area contributed by atoms with Gasteiger partial charge in [-0.3, -0.25) is 4.98 Å². The van der Waals surface area contributed by atoms with Crippen molar-refractivity contribution in [3.05, 3.63) is 59.7 Å². The molecule has 2 nitrogen and oxygen atoms in total. The Labute approximate surface area is 93.7 Å². The monoisotopic (exact) mass is 217 g/mol. The van der Waals surface area contributed by atoms with Gasteiger partial charge in [-0.15, -0.1) is 0 Å². The van der Waals surface area contributed by atoms with Crippen LogP contribution in [0, 0.1) is 12.7 Å². The molecule has 0 aliphatic rings. The standard InChI is InChI=1S/C13H12FNO/c1-10-3-2-8-15-13(10)9-16-12-6-4-11(14)5-7-12/h2-8H,9H2,1H3. The fraction of sp³-hybridized carbons (Fsp3) is 0.154. The maximum atomic E-state index is 12.6. The smallest absolute Gasteiger partial charge is 0.130 e. The van der Waals surface area contributed by atoms with Crippen molar-refractivity contribution in [3.63, 3.8) is 0 Å². The van der Waals surface area contributed by atoms with Gasteiger partial charge < -0.3 is 4.74 Å². The molecule has 0 N–H and O–H groups in total. The molecule has 0 saturated carbocycles. The number of benzene rings is 1. The topological polar surface area (TPSA) is 22.1 Å². The highest BCUT2D eigenvalue weighted by molar-refractivity contribution is 5.23. The largest absolute Gasteiger partial charge is 0.487 e. The Morgan fingerprint density at radius 2 is 1.94 bits per heavy atom. The first kappa shape index (κ1) is 10.6. The molecule has 3 heteroatoms. The molecule has 0 aliphatic heterocycles. The average Bonchev–Trinajstić information content (AvgIpc) is 2.30. The average molecular weight is 217 g/mol. The van der Waals surface area contributed by atoms with Crippen LogP contribution in [-0.2, 0) is 6.61 Å². The first-order valence-corrected chi connectivity index (χ1v) is 5.04. The van der Waals surface area contributed by atoms with Crippen molar-refractivity contribution in [3.8, 4) is 5.75 Å². The summed E-state index contributed by atoms with van der Waals surface area (Å²) in [6, 6.07) is 9.83. The van der Waals surface area contributed by atoms with E-state index < -0.39 is 0 Å². The normalized spacial score (nSPS) is 10.1. The summed E-state index contributed by atoms with van der Waals surface area (Å²) in [6.07, 6.45) is 1.73. The van der Waals surface area contributed by atoms with Crippen molar-refractivity contribution < 1.29 is 9.13 Å². The summed E-state index contributed by atoms with van der Waals surface area (Å²) in [5, 5.41) is 0. The highest BCUT2D eigenvalue weighted by atomic mass is 19.1. The van der Waals surface area contributed by atoms with Crippen LogP contribution >= 0.6 is 0 Å². The number of rotatable bonds is 3. The van der Waals surface area contributed by atoms with E-state index in [-0.39, 0.29) is 5.82 Å². The van der Waals surface area contributed by atoms with E-state index in [4.69, 9.17) is 4.74 Å². The minimum Gasteiger partial charge on any atom is -0.487 e. The highest BCUT2D eigenvalue weighted by Crippen LogP contribution is 2.13. The molecular weight excluding hydrogens is 205 g/mol. The Kier molecular flexibility index (Phi) is 3.15. The van der Waals surface area contributed by atoms with E-state index in [0.717, 1.165) is 11.3 Å². The number of hydrogen-bond donors (Lipinski definition) is 0. The van der Waals surface area contributed by atoms with E-state index in [1.54, 1.807) is 18.3 Å². The lowest BCUT2D eigenvalue weighted by molar-refractivity contribution is 0.300. The molecule has 0 spiro atoms. The molecule has 0 radical (unpaired) electrons. The number of aryl methyl sites for hydroxylation is 1. The predicted molar refractivity (Wildman–Crippen MR) is 59.7 cm³/mol. The van der Waals surface area contributed by atoms with Crippen molar-refractivity contribution in [2.45, 2.75) is 13.5 Å². The molecule has 1 aromatic heterocycles. The van der Waals surface area contributed by atoms with E-state index in [0.29, 0.717) is 12.4 Å². The lowest BCUT2D eigenvalue weighted by Gasteiger charge is -2.07. The van der Waals surface area contributed by atoms with E-state index in [1.807, 2.05) is 19.1 Å². The zero-order valence-electron chi connectivity index (χ0n) is 8.98. The maximum absolute atomic E-state index is 12.6. The second-order valence-electron chi connectivity index (χ2n) is 3.51. The molecule has 16 heavy (non-hydrogen) atoms. The van der Waals surface area contributed by atoms with Crippen molar-refractivity contribution in [1.82, 2.24) is 4.98 Å². The Balaban J connectivity index is 2.02. The molecule has 2 aromatic rings. The number of ether oxygens (including phenoxy) is 1. The fourth-order valence-electron chi connectivity index (χ4n) is 1.35. The van der Waals surface area contributed by atoms with Crippen LogP contribution in [0.1, 0.15) is 11.3 Å². The van der Waals surface area contributed by atoms with Gasteiger partial charge in [0.05, 0.1) is 5.69 Å². The van der Waals surface area contributed by atoms with Gasteiger partial charge in [-0.2, -0.15) is 0 Å². The summed E-state index contributed by atoms with van der Waals surface area (Å²) in [5.41, 5.74) is 1.98. The number of nitrogens with zero attached hydrogens (tertiary/aromatic N) is 1. The van der Waals surface area contributed by atoms with E-state index in [1.165, 1.54) is 12.1 Å². The molecule has 1 heterocycles. The van der Waals surface area contributed by atoms with Gasteiger partial charge in [0.1, 0.15) is 18.2 Å². The molecule has 0 aliphatic carbocycles. The van der Waals surface area contributed by atoms with Crippen LogP contribution in [0.5, 0.6) is 5.75 Å². The Hall–Kier alpha value is -1.90. The van der Waals surface area contributed by atoms with Gasteiger partial charge in [0.25, 0.3) is 0 Å². The van der Waals surface area contributed by atoms with Gasteiger partial charge >= 0.3 is 0 Å². The molecule has 0 fully saturated rings. The summed E-state index contributed by atoms with van der Waals surface area (Å²) >= 11 is 0. The molecule has 82 valence electrons. The second-order valence-corrected chi connectivity index (χ2v) is 3.51. The summed E-state index contributed by atoms with van der Waals surface area (Å²) in [6.45, 7) is 2.38. The molecule has 0 unspecified atom stereocenters. The maximum Gasteiger partial charge on any atom is 0.130 e. The fourth-order valence-corrected chi connectivity index (χ4v) is 1.35. The second kappa shape index (κ2) is 4.75. The van der Waals surface area contributed by atoms with Gasteiger partial charge in [-0.1, -0.05) is 6.07 Å². The molecule has 2 rings (SSSR count). The number of halogens is 1. The van der Waals surface area contributed by atoms with Gasteiger partial charge in [0.2, 0.25) is 0 Å². The van der Waals surface area contributed by atoms with Crippen LogP contribution in [0.3, 0.4) is 0 Å². The van der Waals surface area contributed by atoms with Crippen LogP contribution in [0.15, 0.2) is 42.6 Å². The molecule has 0 atom stereocenters. The SMILES string of the molecule is Cc1cccnc1COc1ccc(F)cc1. The first-order valence-electron chi connectivity index (χ1n) is 5.04. The highest BCUT2D eigenvalue weighted by Gasteiger charge is 2.00. The van der Waals surface area contributed by atoms with Gasteiger partial charge in [0.15, 0.2) is 0 Å². The van der Waals surface area contributed by atoms with Crippen molar-refractivity contribution in [2.75, 3.05) is 0 Å². The van der Waals surface area contributed by atoms with Crippen LogP contribution < -0.4 is 4.74 Å². The molecule has 0 saturated heterocycles. The Morgan fingerprint density at radius 3 is 2.62 bits per heavy atom. The first-order chi connectivity index (χ1) is 7.75. The van der Waals surface area contributed by atoms with E-state index in [9.17, 15) is 4.39 Å². The van der Waals surface area contributed by atoms with Crippen LogP contribution in [0.25, 0.3) is 0 Å². The van der Waals surface area contributed by atoms with Crippen LogP contribution in [0.4, 0.5) is 4.39 Å². The third-order valence-corrected chi connectivity index (χ3v) is 2.31. The van der Waals surface area contributed by atoms with Gasteiger partial charge in [0, 0.05) is 6.20 Å². The summed E-state index contributed by atoms with van der Waals surface area (Å²) < 4.78 is 18.1. The summed E-state index contributed by atoms with van der Waals surface area (Å²) in [4.78, 5) is 4.21. The number of hydrogen-bond acceptors (Lipinski definition) is 2. The summed E-state index contributed by atoms with van der Waals surface area (Å²) in [5.74, 6) is 0.382. The lowest BCUT2D eigenvalue weighted by atomic mass is 10.2. The number of pyridine rings is 1. The predicted octanol–water partition coefficient (Wildman–Crippen LogP) is 3.11. The number of aromatic nitrogens is 1. The quantitative estimate of drug-likeness (QED) is 0.788.